The van der Waals surface area contributed by atoms with Crippen LogP contribution in [0.25, 0.3) is 55.3 Å². The van der Waals surface area contributed by atoms with E-state index in [1.54, 1.807) is 0 Å². The van der Waals surface area contributed by atoms with E-state index >= 15 is 0 Å². The second-order valence-corrected chi connectivity index (χ2v) is 12.3. The van der Waals surface area contributed by atoms with Crippen LogP contribution in [-0.2, 0) is 5.41 Å². The smallest absolute Gasteiger partial charge is 0.0390 e. The van der Waals surface area contributed by atoms with Gasteiger partial charge in [0.2, 0.25) is 0 Å². The largest absolute Gasteiger partial charge is 0.356 e. The van der Waals surface area contributed by atoms with Crippen molar-refractivity contribution >= 4 is 22.1 Å². The monoisotopic (exact) mass is 563 g/mol. The number of benzene rings is 7. The molecule has 7 aromatic carbocycles. The number of anilines is 2. The number of hydrogen-bond acceptors (Lipinski definition) is 1. The number of hydrogen-bond donors (Lipinski definition) is 1. The molecular weight excluding hydrogens is 530 g/mol. The summed E-state index contributed by atoms with van der Waals surface area (Å²) in [5.74, 6) is 0. The van der Waals surface area contributed by atoms with Crippen molar-refractivity contribution in [1.82, 2.24) is 0 Å². The first kappa shape index (κ1) is 26.2. The van der Waals surface area contributed by atoms with Crippen LogP contribution in [0.2, 0.25) is 0 Å². The molecule has 0 bridgehead atoms. The van der Waals surface area contributed by atoms with E-state index in [2.05, 4.69) is 177 Å². The van der Waals surface area contributed by atoms with E-state index in [1.807, 2.05) is 0 Å². The van der Waals surface area contributed by atoms with Crippen LogP contribution in [0.3, 0.4) is 0 Å². The third kappa shape index (κ3) is 4.41. The highest BCUT2D eigenvalue weighted by Gasteiger charge is 2.35. The summed E-state index contributed by atoms with van der Waals surface area (Å²) in [4.78, 5) is 0. The topological polar surface area (TPSA) is 12.0 Å². The van der Waals surface area contributed by atoms with E-state index in [0.717, 1.165) is 11.4 Å². The lowest BCUT2D eigenvalue weighted by molar-refractivity contribution is 0.660. The Balaban J connectivity index is 1.09. The molecule has 0 aromatic heterocycles. The van der Waals surface area contributed by atoms with Crippen LogP contribution >= 0.6 is 0 Å². The fourth-order valence-electron chi connectivity index (χ4n) is 7.00. The van der Waals surface area contributed by atoms with Crippen LogP contribution < -0.4 is 5.32 Å². The van der Waals surface area contributed by atoms with Gasteiger partial charge in [0, 0.05) is 16.8 Å². The Morgan fingerprint density at radius 3 is 1.73 bits per heavy atom. The minimum absolute atomic E-state index is 0.00845. The summed E-state index contributed by atoms with van der Waals surface area (Å²) >= 11 is 0. The molecule has 210 valence electrons. The fraction of sp³-hybridized carbons (Fsp3) is 0.0698. The molecule has 1 N–H and O–H groups in total. The van der Waals surface area contributed by atoms with Crippen molar-refractivity contribution in [3.05, 3.63) is 169 Å². The summed E-state index contributed by atoms with van der Waals surface area (Å²) in [7, 11) is 0. The molecule has 0 aliphatic heterocycles. The van der Waals surface area contributed by atoms with Gasteiger partial charge in [-0.25, -0.2) is 0 Å². The van der Waals surface area contributed by atoms with Crippen LogP contribution in [-0.4, -0.2) is 0 Å². The van der Waals surface area contributed by atoms with Crippen LogP contribution in [0.1, 0.15) is 25.0 Å². The van der Waals surface area contributed by atoms with Gasteiger partial charge >= 0.3 is 0 Å². The van der Waals surface area contributed by atoms with Gasteiger partial charge in [-0.3, -0.25) is 0 Å². The van der Waals surface area contributed by atoms with E-state index in [4.69, 9.17) is 0 Å². The Kier molecular flexibility index (Phi) is 6.20. The summed E-state index contributed by atoms with van der Waals surface area (Å²) in [6.45, 7) is 4.67. The van der Waals surface area contributed by atoms with Gasteiger partial charge in [-0.2, -0.15) is 0 Å². The maximum atomic E-state index is 3.65. The second kappa shape index (κ2) is 10.4. The summed E-state index contributed by atoms with van der Waals surface area (Å²) in [6.07, 6.45) is 0. The maximum absolute atomic E-state index is 3.65. The molecule has 7 aromatic rings. The van der Waals surface area contributed by atoms with Gasteiger partial charge in [0.25, 0.3) is 0 Å². The van der Waals surface area contributed by atoms with E-state index in [9.17, 15) is 0 Å². The highest BCUT2D eigenvalue weighted by molar-refractivity contribution is 6.06. The molecule has 0 saturated heterocycles. The molecule has 0 heterocycles. The predicted molar refractivity (Wildman–Crippen MR) is 188 cm³/mol. The van der Waals surface area contributed by atoms with Gasteiger partial charge in [0.15, 0.2) is 0 Å². The second-order valence-electron chi connectivity index (χ2n) is 12.3. The van der Waals surface area contributed by atoms with Crippen LogP contribution in [0.5, 0.6) is 0 Å². The van der Waals surface area contributed by atoms with Crippen molar-refractivity contribution < 1.29 is 0 Å². The van der Waals surface area contributed by atoms with E-state index in [0.29, 0.717) is 0 Å². The van der Waals surface area contributed by atoms with Crippen LogP contribution in [0.4, 0.5) is 11.4 Å². The minimum Gasteiger partial charge on any atom is -0.356 e. The molecule has 0 spiro atoms. The molecule has 0 atom stereocenters. The number of fused-ring (bicyclic) bond motifs is 4. The van der Waals surface area contributed by atoms with Crippen molar-refractivity contribution in [2.75, 3.05) is 5.32 Å². The molecule has 1 aliphatic carbocycles. The molecule has 1 nitrogen and oxygen atoms in total. The van der Waals surface area contributed by atoms with E-state index in [1.165, 1.54) is 66.4 Å². The third-order valence-electron chi connectivity index (χ3n) is 9.25. The number of nitrogens with one attached hydrogen (secondary N) is 1. The molecule has 1 heteroatoms. The summed E-state index contributed by atoms with van der Waals surface area (Å²) in [5.41, 5.74) is 15.1. The van der Waals surface area contributed by atoms with Gasteiger partial charge in [0.1, 0.15) is 0 Å². The third-order valence-corrected chi connectivity index (χ3v) is 9.25. The normalized spacial score (nSPS) is 13.0. The lowest BCUT2D eigenvalue weighted by atomic mass is 9.81. The summed E-state index contributed by atoms with van der Waals surface area (Å²) < 4.78 is 0. The highest BCUT2D eigenvalue weighted by Crippen LogP contribution is 2.49. The Hall–Kier alpha value is -5.40. The van der Waals surface area contributed by atoms with E-state index < -0.39 is 0 Å². The van der Waals surface area contributed by atoms with Crippen molar-refractivity contribution in [2.24, 2.45) is 0 Å². The first-order valence-electron chi connectivity index (χ1n) is 15.4. The van der Waals surface area contributed by atoms with Gasteiger partial charge in [0.05, 0.1) is 0 Å². The molecule has 1 aliphatic rings. The van der Waals surface area contributed by atoms with Crippen molar-refractivity contribution in [1.29, 1.82) is 0 Å². The van der Waals surface area contributed by atoms with Crippen molar-refractivity contribution in [3.63, 3.8) is 0 Å². The maximum Gasteiger partial charge on any atom is 0.0390 e. The molecule has 0 amide bonds. The Bertz CT molecular complexity index is 2150. The van der Waals surface area contributed by atoms with Crippen molar-refractivity contribution in [3.8, 4) is 44.5 Å². The molecule has 0 saturated carbocycles. The zero-order valence-corrected chi connectivity index (χ0v) is 25.0. The minimum atomic E-state index is -0.00845. The molecular formula is C43H33N. The Morgan fingerprint density at radius 2 is 0.955 bits per heavy atom. The lowest BCUT2D eigenvalue weighted by Crippen LogP contribution is -2.14. The number of rotatable bonds is 5. The fourth-order valence-corrected chi connectivity index (χ4v) is 7.00. The molecule has 0 fully saturated rings. The van der Waals surface area contributed by atoms with Gasteiger partial charge in [-0.1, -0.05) is 141 Å². The molecule has 8 rings (SSSR count). The van der Waals surface area contributed by atoms with Crippen molar-refractivity contribution in [2.45, 2.75) is 19.3 Å². The van der Waals surface area contributed by atoms with Gasteiger partial charge in [-0.05, 0) is 96.7 Å². The van der Waals surface area contributed by atoms with E-state index in [-0.39, 0.29) is 5.41 Å². The Labute approximate surface area is 259 Å². The first-order valence-corrected chi connectivity index (χ1v) is 15.4. The Morgan fingerprint density at radius 1 is 0.386 bits per heavy atom. The zero-order chi connectivity index (χ0) is 29.7. The van der Waals surface area contributed by atoms with Crippen LogP contribution in [0.15, 0.2) is 158 Å². The highest BCUT2D eigenvalue weighted by atomic mass is 14.9. The quantitative estimate of drug-likeness (QED) is 0.220. The summed E-state index contributed by atoms with van der Waals surface area (Å²) in [5, 5.41) is 6.19. The van der Waals surface area contributed by atoms with Gasteiger partial charge < -0.3 is 5.32 Å². The molecule has 0 unspecified atom stereocenters. The van der Waals surface area contributed by atoms with Gasteiger partial charge in [-0.15, -0.1) is 0 Å². The lowest BCUT2D eigenvalue weighted by Gasteiger charge is -2.22. The molecule has 44 heavy (non-hydrogen) atoms. The average molecular weight is 564 g/mol. The molecule has 0 radical (unpaired) electrons. The predicted octanol–water partition coefficient (Wildman–Crippen LogP) is 11.9. The SMILES string of the molecule is CC1(C)c2ccccc2-c2ccc(-c3cccc(Nc4ccc(-c5cccc6cccc(-c7ccccc7)c56)cc4)c3)cc21. The first-order chi connectivity index (χ1) is 21.6. The standard InChI is InChI=1S/C43H33N/c1-43(2)40-20-7-6-17-38(40)39-26-23-33(28-41(39)43)32-15-8-16-35(27-32)44-34-24-21-30(22-25-34)37-19-10-14-31-13-9-18-36(42(31)37)29-11-4-3-5-12-29/h3-28,44H,1-2H3. The van der Waals surface area contributed by atoms with Crippen LogP contribution in [0, 0.1) is 0 Å². The average Bonchev–Trinajstić information content (AvgIpc) is 3.31. The zero-order valence-electron chi connectivity index (χ0n) is 25.0. The summed E-state index contributed by atoms with van der Waals surface area (Å²) in [6, 6.07) is 57.2.